The number of rotatable bonds is 3. The maximum Gasteiger partial charge on any atom is 0.101 e. The van der Waals surface area contributed by atoms with Crippen LogP contribution in [0.15, 0.2) is 30.8 Å². The Bertz CT molecular complexity index is 240. The van der Waals surface area contributed by atoms with Gasteiger partial charge in [0.15, 0.2) is 0 Å². The van der Waals surface area contributed by atoms with Gasteiger partial charge in [0.1, 0.15) is 6.54 Å². The maximum atomic E-state index is 3.72. The Kier molecular flexibility index (Phi) is 2.87. The lowest BCUT2D eigenvalue weighted by Gasteiger charge is -1.97. The predicted molar refractivity (Wildman–Crippen MR) is 48.1 cm³/mol. The fraction of sp³-hybridized carbons (Fsp3) is 0.200. The van der Waals surface area contributed by atoms with E-state index in [1.54, 1.807) is 0 Å². The first-order chi connectivity index (χ1) is 5.36. The molecule has 0 unspecified atom stereocenters. The van der Waals surface area contributed by atoms with E-state index in [9.17, 15) is 0 Å². The molecule has 0 aliphatic heterocycles. The first-order valence-corrected chi connectivity index (χ1v) is 3.86. The molecule has 0 aliphatic carbocycles. The average Bonchev–Trinajstić information content (AvgIpc) is 2.06. The molecule has 2 N–H and O–H groups in total. The smallest absolute Gasteiger partial charge is 0.101 e. The highest BCUT2D eigenvalue weighted by atomic mass is 14.8. The third-order valence-electron chi connectivity index (χ3n) is 1.63. The van der Waals surface area contributed by atoms with Gasteiger partial charge in [0.25, 0.3) is 0 Å². The molecule has 0 radical (unpaired) electrons. The fourth-order valence-electron chi connectivity index (χ4n) is 1.08. The maximum absolute atomic E-state index is 3.72. The molecule has 1 aromatic carbocycles. The van der Waals surface area contributed by atoms with Gasteiger partial charge in [-0.2, -0.15) is 0 Å². The van der Waals surface area contributed by atoms with Crippen LogP contribution < -0.4 is 5.32 Å². The first-order valence-electron chi connectivity index (χ1n) is 3.86. The zero-order chi connectivity index (χ0) is 8.10. The summed E-state index contributed by atoms with van der Waals surface area (Å²) in [5, 5.41) is 2.15. The molecule has 0 atom stereocenters. The van der Waals surface area contributed by atoms with Gasteiger partial charge in [-0.05, 0) is 11.6 Å². The van der Waals surface area contributed by atoms with Gasteiger partial charge in [-0.3, -0.25) is 0 Å². The van der Waals surface area contributed by atoms with E-state index in [-0.39, 0.29) is 0 Å². The minimum absolute atomic E-state index is 1.04. The first kappa shape index (κ1) is 8.02. The minimum Gasteiger partial charge on any atom is -0.345 e. The van der Waals surface area contributed by atoms with Crippen LogP contribution in [-0.4, -0.2) is 7.05 Å². The molecule has 0 saturated carbocycles. The van der Waals surface area contributed by atoms with Crippen molar-refractivity contribution in [3.8, 4) is 0 Å². The summed E-state index contributed by atoms with van der Waals surface area (Å²) in [6.07, 6.45) is 1.87. The standard InChI is InChI=1S/C10H13N/c1-3-9-5-4-6-10(7-9)8-11-2/h3-7,11H,1,8H2,2H3/p+1. The highest BCUT2D eigenvalue weighted by Gasteiger charge is 1.92. The summed E-state index contributed by atoms with van der Waals surface area (Å²) in [6, 6.07) is 8.42. The summed E-state index contributed by atoms with van der Waals surface area (Å²) in [5.74, 6) is 0. The van der Waals surface area contributed by atoms with Gasteiger partial charge in [-0.1, -0.05) is 30.9 Å². The summed E-state index contributed by atoms with van der Waals surface area (Å²) in [4.78, 5) is 0. The summed E-state index contributed by atoms with van der Waals surface area (Å²) >= 11 is 0. The molecule has 0 aromatic heterocycles. The van der Waals surface area contributed by atoms with Gasteiger partial charge in [-0.25, -0.2) is 0 Å². The molecule has 0 fully saturated rings. The zero-order valence-corrected chi connectivity index (χ0v) is 6.88. The van der Waals surface area contributed by atoms with Crippen LogP contribution in [0, 0.1) is 0 Å². The molecular weight excluding hydrogens is 134 g/mol. The van der Waals surface area contributed by atoms with Gasteiger partial charge in [0.05, 0.1) is 7.05 Å². The second-order valence-electron chi connectivity index (χ2n) is 2.56. The van der Waals surface area contributed by atoms with E-state index in [1.165, 1.54) is 11.1 Å². The molecule has 0 amide bonds. The molecule has 0 heterocycles. The van der Waals surface area contributed by atoms with E-state index in [1.807, 2.05) is 6.08 Å². The third-order valence-corrected chi connectivity index (χ3v) is 1.63. The topological polar surface area (TPSA) is 16.6 Å². The zero-order valence-electron chi connectivity index (χ0n) is 6.88. The number of hydrogen-bond donors (Lipinski definition) is 1. The van der Waals surface area contributed by atoms with Crippen molar-refractivity contribution >= 4 is 6.08 Å². The van der Waals surface area contributed by atoms with E-state index in [4.69, 9.17) is 0 Å². The lowest BCUT2D eigenvalue weighted by molar-refractivity contribution is -0.643. The molecule has 0 aliphatic rings. The normalized spacial score (nSPS) is 9.55. The predicted octanol–water partition coefficient (Wildman–Crippen LogP) is 1.02. The van der Waals surface area contributed by atoms with Crippen LogP contribution in [0.5, 0.6) is 0 Å². The largest absolute Gasteiger partial charge is 0.345 e. The van der Waals surface area contributed by atoms with E-state index >= 15 is 0 Å². The van der Waals surface area contributed by atoms with E-state index in [0.717, 1.165) is 6.54 Å². The average molecular weight is 148 g/mol. The van der Waals surface area contributed by atoms with Crippen LogP contribution in [-0.2, 0) is 6.54 Å². The Morgan fingerprint density at radius 3 is 3.00 bits per heavy atom. The minimum atomic E-state index is 1.04. The molecule has 0 bridgehead atoms. The molecule has 58 valence electrons. The van der Waals surface area contributed by atoms with E-state index < -0.39 is 0 Å². The summed E-state index contributed by atoms with van der Waals surface area (Å²) in [5.41, 5.74) is 2.55. The molecule has 0 spiro atoms. The van der Waals surface area contributed by atoms with Gasteiger partial charge in [0, 0.05) is 5.56 Å². The summed E-state index contributed by atoms with van der Waals surface area (Å²) < 4.78 is 0. The van der Waals surface area contributed by atoms with Crippen molar-refractivity contribution < 1.29 is 5.32 Å². The Morgan fingerprint density at radius 1 is 1.55 bits per heavy atom. The van der Waals surface area contributed by atoms with Crippen LogP contribution >= 0.6 is 0 Å². The number of benzene rings is 1. The Balaban J connectivity index is 2.82. The lowest BCUT2D eigenvalue weighted by atomic mass is 10.1. The quantitative estimate of drug-likeness (QED) is 0.659. The number of nitrogens with two attached hydrogens (primary N) is 1. The van der Waals surface area contributed by atoms with Gasteiger partial charge in [0.2, 0.25) is 0 Å². The summed E-state index contributed by atoms with van der Waals surface area (Å²) in [6.45, 7) is 4.77. The fourth-order valence-corrected chi connectivity index (χ4v) is 1.08. The van der Waals surface area contributed by atoms with Gasteiger partial charge >= 0.3 is 0 Å². The molecular formula is C10H14N+. The van der Waals surface area contributed by atoms with Crippen molar-refractivity contribution in [1.29, 1.82) is 0 Å². The highest BCUT2D eigenvalue weighted by Crippen LogP contribution is 2.04. The lowest BCUT2D eigenvalue weighted by Crippen LogP contribution is -2.77. The molecule has 1 aromatic rings. The van der Waals surface area contributed by atoms with Crippen molar-refractivity contribution in [3.63, 3.8) is 0 Å². The second kappa shape index (κ2) is 3.94. The summed E-state index contributed by atoms with van der Waals surface area (Å²) in [7, 11) is 2.07. The molecule has 1 rings (SSSR count). The molecule has 11 heavy (non-hydrogen) atoms. The van der Waals surface area contributed by atoms with E-state index in [2.05, 4.69) is 43.2 Å². The van der Waals surface area contributed by atoms with Crippen molar-refractivity contribution in [2.45, 2.75) is 6.54 Å². The van der Waals surface area contributed by atoms with Crippen molar-refractivity contribution in [1.82, 2.24) is 0 Å². The van der Waals surface area contributed by atoms with Crippen LogP contribution in [0.25, 0.3) is 6.08 Å². The highest BCUT2D eigenvalue weighted by molar-refractivity contribution is 5.47. The van der Waals surface area contributed by atoms with Gasteiger partial charge in [-0.15, -0.1) is 0 Å². The van der Waals surface area contributed by atoms with Crippen molar-refractivity contribution in [2.75, 3.05) is 7.05 Å². The Morgan fingerprint density at radius 2 is 2.36 bits per heavy atom. The Labute approximate surface area is 67.8 Å². The van der Waals surface area contributed by atoms with Crippen LogP contribution in [0.2, 0.25) is 0 Å². The van der Waals surface area contributed by atoms with E-state index in [0.29, 0.717) is 0 Å². The molecule has 1 heteroatoms. The second-order valence-corrected chi connectivity index (χ2v) is 2.56. The molecule has 0 saturated heterocycles. The van der Waals surface area contributed by atoms with Crippen molar-refractivity contribution in [3.05, 3.63) is 42.0 Å². The van der Waals surface area contributed by atoms with Crippen LogP contribution in [0.3, 0.4) is 0 Å². The van der Waals surface area contributed by atoms with Crippen LogP contribution in [0.4, 0.5) is 0 Å². The van der Waals surface area contributed by atoms with Crippen molar-refractivity contribution in [2.24, 2.45) is 0 Å². The van der Waals surface area contributed by atoms with Crippen LogP contribution in [0.1, 0.15) is 11.1 Å². The van der Waals surface area contributed by atoms with Gasteiger partial charge < -0.3 is 5.32 Å². The number of hydrogen-bond acceptors (Lipinski definition) is 0. The monoisotopic (exact) mass is 148 g/mol. The number of quaternary nitrogens is 1. The third kappa shape index (κ3) is 2.20. The molecule has 1 nitrogen and oxygen atoms in total. The SMILES string of the molecule is C=Cc1cccc(C[NH2+]C)c1. The Hall–Kier alpha value is -1.08.